The zero-order valence-electron chi connectivity index (χ0n) is 15.1. The third-order valence-corrected chi connectivity index (χ3v) is 4.78. The minimum atomic E-state index is -0.108. The van der Waals surface area contributed by atoms with Crippen molar-refractivity contribution >= 4 is 11.6 Å². The Kier molecular flexibility index (Phi) is 4.91. The Hall–Kier alpha value is -3.10. The number of rotatable bonds is 6. The number of aryl methyl sites for hydroxylation is 2. The first-order valence-corrected chi connectivity index (χ1v) is 9.14. The van der Waals surface area contributed by atoms with E-state index in [1.54, 1.807) is 11.7 Å². The van der Waals surface area contributed by atoms with Gasteiger partial charge in [0.15, 0.2) is 5.82 Å². The van der Waals surface area contributed by atoms with Crippen LogP contribution in [0.1, 0.15) is 49.8 Å². The second kappa shape index (κ2) is 7.65. The molecule has 1 aromatic carbocycles. The van der Waals surface area contributed by atoms with Crippen LogP contribution in [-0.2, 0) is 18.3 Å². The number of amides is 1. The summed E-state index contributed by atoms with van der Waals surface area (Å²) in [6, 6.07) is 7.42. The van der Waals surface area contributed by atoms with Gasteiger partial charge in [0.2, 0.25) is 17.7 Å². The highest BCUT2D eigenvalue weighted by Gasteiger charge is 2.22. The molecule has 27 heavy (non-hydrogen) atoms. The quantitative estimate of drug-likeness (QED) is 0.712. The zero-order valence-corrected chi connectivity index (χ0v) is 15.1. The number of hydrogen-bond donors (Lipinski definition) is 1. The lowest BCUT2D eigenvalue weighted by molar-refractivity contribution is -0.116. The first-order chi connectivity index (χ1) is 13.2. The van der Waals surface area contributed by atoms with Crippen molar-refractivity contribution in [1.29, 1.82) is 0 Å². The number of carbonyl (C=O) groups is 1. The number of hydrogen-bond acceptors (Lipinski definition) is 7. The van der Waals surface area contributed by atoms with Gasteiger partial charge in [-0.25, -0.2) is 4.68 Å². The van der Waals surface area contributed by atoms with Crippen LogP contribution in [0.2, 0.25) is 0 Å². The summed E-state index contributed by atoms with van der Waals surface area (Å²) >= 11 is 0. The summed E-state index contributed by atoms with van der Waals surface area (Å²) in [6.45, 7) is 0. The number of carbonyl (C=O) groups excluding carboxylic acids is 1. The van der Waals surface area contributed by atoms with Crippen molar-refractivity contribution in [1.82, 2.24) is 30.4 Å². The normalized spacial score (nSPS) is 14.6. The van der Waals surface area contributed by atoms with Gasteiger partial charge in [0.25, 0.3) is 0 Å². The minimum Gasteiger partial charge on any atom is -0.425 e. The Bertz CT molecular complexity index is 927. The van der Waals surface area contributed by atoms with Gasteiger partial charge >= 0.3 is 0 Å². The van der Waals surface area contributed by atoms with Crippen LogP contribution in [0, 0.1) is 0 Å². The van der Waals surface area contributed by atoms with Gasteiger partial charge in [-0.3, -0.25) is 4.79 Å². The van der Waals surface area contributed by atoms with Gasteiger partial charge in [0, 0.05) is 37.1 Å². The van der Waals surface area contributed by atoms with E-state index in [1.807, 2.05) is 24.3 Å². The molecule has 1 aliphatic carbocycles. The molecule has 0 spiro atoms. The van der Waals surface area contributed by atoms with Crippen molar-refractivity contribution in [3.63, 3.8) is 0 Å². The Labute approximate surface area is 156 Å². The summed E-state index contributed by atoms with van der Waals surface area (Å²) in [6.07, 6.45) is 5.36. The molecule has 0 unspecified atom stereocenters. The molecule has 0 atom stereocenters. The molecule has 9 nitrogen and oxygen atoms in total. The maximum atomic E-state index is 12.3. The zero-order chi connectivity index (χ0) is 18.6. The van der Waals surface area contributed by atoms with E-state index in [9.17, 15) is 4.79 Å². The van der Waals surface area contributed by atoms with Gasteiger partial charge in [-0.15, -0.1) is 15.3 Å². The second-order valence-electron chi connectivity index (χ2n) is 6.77. The van der Waals surface area contributed by atoms with Crippen LogP contribution in [0.25, 0.3) is 11.4 Å². The Morgan fingerprint density at radius 3 is 2.89 bits per heavy atom. The molecule has 0 aliphatic heterocycles. The fraction of sp³-hybridized carbons (Fsp3) is 0.444. The van der Waals surface area contributed by atoms with Crippen molar-refractivity contribution in [2.24, 2.45) is 7.05 Å². The molecule has 4 rings (SSSR count). The second-order valence-corrected chi connectivity index (χ2v) is 6.77. The molecule has 2 aromatic heterocycles. The molecule has 2 heterocycles. The monoisotopic (exact) mass is 367 g/mol. The highest BCUT2D eigenvalue weighted by atomic mass is 16.4. The van der Waals surface area contributed by atoms with E-state index >= 15 is 0 Å². The molecule has 9 heteroatoms. The number of nitrogens with zero attached hydrogens (tertiary/aromatic N) is 6. The van der Waals surface area contributed by atoms with E-state index in [2.05, 4.69) is 31.0 Å². The Morgan fingerprint density at radius 2 is 2.11 bits per heavy atom. The average molecular weight is 367 g/mol. The first kappa shape index (κ1) is 17.3. The van der Waals surface area contributed by atoms with Gasteiger partial charge < -0.3 is 9.73 Å². The Morgan fingerprint density at radius 1 is 1.26 bits per heavy atom. The van der Waals surface area contributed by atoms with Gasteiger partial charge in [-0.05, 0) is 35.4 Å². The predicted octanol–water partition coefficient (Wildman–Crippen LogP) is 2.49. The van der Waals surface area contributed by atoms with Crippen LogP contribution in [0.5, 0.6) is 0 Å². The first-order valence-electron chi connectivity index (χ1n) is 9.14. The van der Waals surface area contributed by atoms with Gasteiger partial charge in [0.05, 0.1) is 0 Å². The fourth-order valence-electron chi connectivity index (χ4n) is 3.36. The van der Waals surface area contributed by atoms with Crippen LogP contribution >= 0.6 is 0 Å². The van der Waals surface area contributed by atoms with E-state index in [-0.39, 0.29) is 12.3 Å². The van der Waals surface area contributed by atoms with Crippen molar-refractivity contribution in [3.05, 3.63) is 36.0 Å². The molecule has 1 N–H and O–H groups in total. The molecule has 0 radical (unpaired) electrons. The lowest BCUT2D eigenvalue weighted by Gasteiger charge is -2.06. The standard InChI is InChI=1S/C18H21N7O2/c1-25-17(21-23-24-25)13-7-4-8-14(11-13)19-15(26)9-10-16-20-22-18(27-16)12-5-2-3-6-12/h4,7-8,11-12H,2-3,5-6,9-10H2,1H3,(H,19,26). The van der Waals surface area contributed by atoms with E-state index in [0.29, 0.717) is 35.6 Å². The lowest BCUT2D eigenvalue weighted by atomic mass is 10.1. The highest BCUT2D eigenvalue weighted by Crippen LogP contribution is 2.33. The SMILES string of the molecule is Cn1nnnc1-c1cccc(NC(=O)CCc2nnc(C3CCCC3)o2)c1. The van der Waals surface area contributed by atoms with Crippen molar-refractivity contribution in [2.75, 3.05) is 5.32 Å². The van der Waals surface area contributed by atoms with Gasteiger partial charge in [0.1, 0.15) is 0 Å². The highest BCUT2D eigenvalue weighted by molar-refractivity contribution is 5.91. The topological polar surface area (TPSA) is 112 Å². The molecule has 3 aromatic rings. The fourth-order valence-corrected chi connectivity index (χ4v) is 3.36. The predicted molar refractivity (Wildman–Crippen MR) is 96.7 cm³/mol. The van der Waals surface area contributed by atoms with Crippen LogP contribution in [-0.4, -0.2) is 36.3 Å². The van der Waals surface area contributed by atoms with Crippen molar-refractivity contribution in [2.45, 2.75) is 44.4 Å². The van der Waals surface area contributed by atoms with Crippen LogP contribution in [0.15, 0.2) is 28.7 Å². The molecular formula is C18H21N7O2. The van der Waals surface area contributed by atoms with Crippen molar-refractivity contribution in [3.8, 4) is 11.4 Å². The number of aromatic nitrogens is 6. The summed E-state index contributed by atoms with van der Waals surface area (Å²) in [5, 5.41) is 22.5. The maximum Gasteiger partial charge on any atom is 0.224 e. The molecule has 0 bridgehead atoms. The third kappa shape index (κ3) is 4.02. The van der Waals surface area contributed by atoms with Crippen LogP contribution in [0.4, 0.5) is 5.69 Å². The smallest absolute Gasteiger partial charge is 0.224 e. The van der Waals surface area contributed by atoms with E-state index in [1.165, 1.54) is 12.8 Å². The summed E-state index contributed by atoms with van der Waals surface area (Å²) in [5.74, 6) is 2.15. The van der Waals surface area contributed by atoms with Crippen molar-refractivity contribution < 1.29 is 9.21 Å². The molecule has 1 fully saturated rings. The third-order valence-electron chi connectivity index (χ3n) is 4.78. The van der Waals surface area contributed by atoms with E-state index < -0.39 is 0 Å². The van der Waals surface area contributed by atoms with E-state index in [4.69, 9.17) is 4.42 Å². The minimum absolute atomic E-state index is 0.108. The molecule has 1 amide bonds. The molecular weight excluding hydrogens is 346 g/mol. The maximum absolute atomic E-state index is 12.3. The molecule has 1 saturated carbocycles. The summed E-state index contributed by atoms with van der Waals surface area (Å²) in [4.78, 5) is 12.3. The van der Waals surface area contributed by atoms with E-state index in [0.717, 1.165) is 18.4 Å². The number of anilines is 1. The summed E-state index contributed by atoms with van der Waals surface area (Å²) in [5.41, 5.74) is 1.52. The average Bonchev–Trinajstić information content (AvgIpc) is 3.41. The summed E-state index contributed by atoms with van der Waals surface area (Å²) < 4.78 is 7.30. The lowest BCUT2D eigenvalue weighted by Crippen LogP contribution is -2.12. The van der Waals surface area contributed by atoms with Gasteiger partial charge in [-0.2, -0.15) is 0 Å². The molecule has 0 saturated heterocycles. The number of benzene rings is 1. The molecule has 140 valence electrons. The van der Waals surface area contributed by atoms with Crippen LogP contribution in [0.3, 0.4) is 0 Å². The van der Waals surface area contributed by atoms with Gasteiger partial charge in [-0.1, -0.05) is 25.0 Å². The number of nitrogens with one attached hydrogen (secondary N) is 1. The molecule has 1 aliphatic rings. The number of tetrazole rings is 1. The Balaban J connectivity index is 1.34. The largest absolute Gasteiger partial charge is 0.425 e. The van der Waals surface area contributed by atoms with Crippen LogP contribution < -0.4 is 5.32 Å². The summed E-state index contributed by atoms with van der Waals surface area (Å²) in [7, 11) is 1.77.